The van der Waals surface area contributed by atoms with Gasteiger partial charge in [0.15, 0.2) is 0 Å². The molecule has 1 N–H and O–H groups in total. The number of hydrogen-bond acceptors (Lipinski definition) is 5. The summed E-state index contributed by atoms with van der Waals surface area (Å²) in [7, 11) is 0. The largest absolute Gasteiger partial charge is 0.366 e. The van der Waals surface area contributed by atoms with E-state index >= 15 is 0 Å². The van der Waals surface area contributed by atoms with Crippen LogP contribution in [0.15, 0.2) is 17.4 Å². The Bertz CT molecular complexity index is 352. The third kappa shape index (κ3) is 3.85. The minimum atomic E-state index is 0.428. The molecule has 0 radical (unpaired) electrons. The van der Waals surface area contributed by atoms with Gasteiger partial charge in [-0.2, -0.15) is 0 Å². The molecule has 1 atom stereocenters. The number of nitrogens with zero attached hydrogens (tertiary/aromatic N) is 3. The van der Waals surface area contributed by atoms with Crippen molar-refractivity contribution in [3.8, 4) is 0 Å². The van der Waals surface area contributed by atoms with E-state index in [4.69, 9.17) is 0 Å². The van der Waals surface area contributed by atoms with Crippen molar-refractivity contribution >= 4 is 17.6 Å². The molecule has 1 saturated heterocycles. The first-order valence-corrected chi connectivity index (χ1v) is 7.35. The molecule has 1 unspecified atom stereocenters. The van der Waals surface area contributed by atoms with Crippen LogP contribution in [0.3, 0.4) is 0 Å². The van der Waals surface area contributed by atoms with Gasteiger partial charge in [0.25, 0.3) is 0 Å². The lowest BCUT2D eigenvalue weighted by Gasteiger charge is -2.21. The van der Waals surface area contributed by atoms with Crippen molar-refractivity contribution in [3.63, 3.8) is 0 Å². The van der Waals surface area contributed by atoms with Crippen molar-refractivity contribution in [1.29, 1.82) is 0 Å². The molecule has 1 aromatic rings. The van der Waals surface area contributed by atoms with Crippen LogP contribution in [0.25, 0.3) is 0 Å². The summed E-state index contributed by atoms with van der Waals surface area (Å²) in [4.78, 5) is 10.9. The van der Waals surface area contributed by atoms with E-state index < -0.39 is 0 Å². The summed E-state index contributed by atoms with van der Waals surface area (Å²) in [5, 5.41) is 4.45. The number of nitrogens with one attached hydrogen (secondary N) is 1. The van der Waals surface area contributed by atoms with E-state index in [9.17, 15) is 0 Å². The first-order valence-electron chi connectivity index (χ1n) is 6.13. The zero-order valence-corrected chi connectivity index (χ0v) is 11.3. The fraction of sp³-hybridized carbons (Fsp3) is 0.667. The van der Waals surface area contributed by atoms with Gasteiger partial charge in [0.2, 0.25) is 0 Å². The lowest BCUT2D eigenvalue weighted by molar-refractivity contribution is 0.327. The predicted octanol–water partition coefficient (Wildman–Crippen LogP) is 2.09. The average Bonchev–Trinajstić information content (AvgIpc) is 2.82. The topological polar surface area (TPSA) is 41.0 Å². The number of hydrogen-bond donors (Lipinski definition) is 1. The normalized spacial score (nSPS) is 18.2. The van der Waals surface area contributed by atoms with Gasteiger partial charge in [-0.3, -0.25) is 0 Å². The molecule has 0 aliphatic carbocycles. The maximum atomic E-state index is 4.25. The van der Waals surface area contributed by atoms with Crippen LogP contribution >= 0.6 is 11.8 Å². The Labute approximate surface area is 107 Å². The maximum absolute atomic E-state index is 4.25. The van der Waals surface area contributed by atoms with Gasteiger partial charge in [0.1, 0.15) is 17.2 Å². The fourth-order valence-corrected chi connectivity index (χ4v) is 2.56. The van der Waals surface area contributed by atoms with E-state index in [2.05, 4.69) is 27.1 Å². The van der Waals surface area contributed by atoms with E-state index in [-0.39, 0.29) is 0 Å². The second-order valence-electron chi connectivity index (χ2n) is 4.50. The van der Waals surface area contributed by atoms with Crippen LogP contribution in [0.5, 0.6) is 0 Å². The molecule has 1 aromatic heterocycles. The fourth-order valence-electron chi connectivity index (χ4n) is 2.18. The van der Waals surface area contributed by atoms with Crippen LogP contribution in [0.4, 0.5) is 5.82 Å². The zero-order chi connectivity index (χ0) is 12.1. The van der Waals surface area contributed by atoms with E-state index in [1.165, 1.54) is 25.9 Å². The van der Waals surface area contributed by atoms with E-state index in [1.54, 1.807) is 18.1 Å². The summed E-state index contributed by atoms with van der Waals surface area (Å²) in [6, 6.07) is 2.43. The van der Waals surface area contributed by atoms with E-state index in [0.717, 1.165) is 17.4 Å². The minimum Gasteiger partial charge on any atom is -0.366 e. The number of aromatic nitrogens is 2. The molecule has 0 bridgehead atoms. The third-order valence-corrected chi connectivity index (χ3v) is 3.62. The second kappa shape index (κ2) is 6.21. The first kappa shape index (κ1) is 12.6. The number of thioether (sulfide) groups is 1. The zero-order valence-electron chi connectivity index (χ0n) is 10.5. The van der Waals surface area contributed by atoms with Crippen LogP contribution in [-0.4, -0.2) is 46.8 Å². The molecule has 0 spiro atoms. The van der Waals surface area contributed by atoms with Crippen molar-refractivity contribution in [1.82, 2.24) is 14.9 Å². The number of anilines is 1. The monoisotopic (exact) mass is 252 g/mol. The second-order valence-corrected chi connectivity index (χ2v) is 5.33. The Kier molecular flexibility index (Phi) is 4.62. The molecule has 5 heteroatoms. The van der Waals surface area contributed by atoms with E-state index in [1.807, 2.05) is 12.3 Å². The molecular weight excluding hydrogens is 232 g/mol. The Balaban J connectivity index is 1.85. The van der Waals surface area contributed by atoms with Crippen molar-refractivity contribution < 1.29 is 0 Å². The van der Waals surface area contributed by atoms with Crippen LogP contribution in [0.2, 0.25) is 0 Å². The van der Waals surface area contributed by atoms with Crippen LogP contribution in [0.1, 0.15) is 19.8 Å². The number of likely N-dealkylation sites (tertiary alicyclic amines) is 1. The highest BCUT2D eigenvalue weighted by atomic mass is 32.2. The smallest absolute Gasteiger partial charge is 0.130 e. The highest BCUT2D eigenvalue weighted by Crippen LogP contribution is 2.15. The molecule has 0 amide bonds. The Hall–Kier alpha value is -0.810. The summed E-state index contributed by atoms with van der Waals surface area (Å²) in [5.74, 6) is 0.927. The van der Waals surface area contributed by atoms with Crippen molar-refractivity contribution in [3.05, 3.63) is 12.4 Å². The SMILES string of the molecule is CSc1cc(NC(C)CN2CCCC2)ncn1. The van der Waals surface area contributed by atoms with Crippen LogP contribution in [0, 0.1) is 0 Å². The predicted molar refractivity (Wildman–Crippen MR) is 72.6 cm³/mol. The molecule has 1 aliphatic heterocycles. The summed E-state index contributed by atoms with van der Waals surface area (Å²) < 4.78 is 0. The summed E-state index contributed by atoms with van der Waals surface area (Å²) >= 11 is 1.64. The standard InChI is InChI=1S/C12H20N4S/c1-10(8-16-5-3-4-6-16)15-11-7-12(17-2)14-9-13-11/h7,9-10H,3-6,8H2,1-2H3,(H,13,14,15). The molecule has 4 nitrogen and oxygen atoms in total. The van der Waals surface area contributed by atoms with Gasteiger partial charge in [-0.1, -0.05) is 0 Å². The van der Waals surface area contributed by atoms with Gasteiger partial charge in [0, 0.05) is 18.7 Å². The van der Waals surface area contributed by atoms with Gasteiger partial charge in [0.05, 0.1) is 0 Å². The van der Waals surface area contributed by atoms with Gasteiger partial charge >= 0.3 is 0 Å². The van der Waals surface area contributed by atoms with Gasteiger partial charge in [-0.05, 0) is 39.1 Å². The molecule has 1 fully saturated rings. The summed E-state index contributed by atoms with van der Waals surface area (Å²) in [6.45, 7) is 5.79. The van der Waals surface area contributed by atoms with E-state index in [0.29, 0.717) is 6.04 Å². The minimum absolute atomic E-state index is 0.428. The lowest BCUT2D eigenvalue weighted by atomic mass is 10.3. The van der Waals surface area contributed by atoms with Crippen LogP contribution in [-0.2, 0) is 0 Å². The Morgan fingerprint density at radius 1 is 1.41 bits per heavy atom. The number of rotatable bonds is 5. The average molecular weight is 252 g/mol. The first-order chi connectivity index (χ1) is 8.28. The molecular formula is C12H20N4S. The third-order valence-electron chi connectivity index (χ3n) is 2.98. The molecule has 1 aliphatic rings. The highest BCUT2D eigenvalue weighted by Gasteiger charge is 2.14. The molecule has 17 heavy (non-hydrogen) atoms. The summed E-state index contributed by atoms with van der Waals surface area (Å²) in [6.07, 6.45) is 6.34. The molecule has 2 rings (SSSR count). The van der Waals surface area contributed by atoms with Crippen molar-refractivity contribution in [2.45, 2.75) is 30.8 Å². The molecule has 0 saturated carbocycles. The highest BCUT2D eigenvalue weighted by molar-refractivity contribution is 7.98. The van der Waals surface area contributed by atoms with Crippen molar-refractivity contribution in [2.24, 2.45) is 0 Å². The molecule has 94 valence electrons. The van der Waals surface area contributed by atoms with Gasteiger partial charge in [-0.15, -0.1) is 11.8 Å². The molecule has 0 aromatic carbocycles. The van der Waals surface area contributed by atoms with Gasteiger partial charge < -0.3 is 10.2 Å². The van der Waals surface area contributed by atoms with Crippen molar-refractivity contribution in [2.75, 3.05) is 31.2 Å². The van der Waals surface area contributed by atoms with Crippen LogP contribution < -0.4 is 5.32 Å². The Morgan fingerprint density at radius 2 is 2.18 bits per heavy atom. The maximum Gasteiger partial charge on any atom is 0.130 e. The summed E-state index contributed by atoms with van der Waals surface area (Å²) in [5.41, 5.74) is 0. The quantitative estimate of drug-likeness (QED) is 0.642. The Morgan fingerprint density at radius 3 is 2.88 bits per heavy atom. The lowest BCUT2D eigenvalue weighted by Crippen LogP contribution is -2.33. The molecule has 2 heterocycles. The van der Waals surface area contributed by atoms with Gasteiger partial charge in [-0.25, -0.2) is 9.97 Å².